The number of aromatic nitrogens is 1. The summed E-state index contributed by atoms with van der Waals surface area (Å²) >= 11 is 0. The van der Waals surface area contributed by atoms with E-state index in [4.69, 9.17) is 9.62 Å². The average Bonchev–Trinajstić information content (AvgIpc) is 3.01. The van der Waals surface area contributed by atoms with E-state index in [1.807, 2.05) is 0 Å². The molecule has 7 heteroatoms. The Kier molecular flexibility index (Phi) is 3.90. The van der Waals surface area contributed by atoms with Crippen LogP contribution >= 0.6 is 0 Å². The predicted octanol–water partition coefficient (Wildman–Crippen LogP) is 0.976. The number of hydrogen-bond donors (Lipinski definition) is 3. The van der Waals surface area contributed by atoms with Crippen molar-refractivity contribution in [2.45, 2.75) is 13.5 Å². The summed E-state index contributed by atoms with van der Waals surface area (Å²) < 4.78 is 7.04. The van der Waals surface area contributed by atoms with E-state index in [1.54, 1.807) is 42.3 Å². The molecule has 106 valence electrons. The van der Waals surface area contributed by atoms with E-state index in [-0.39, 0.29) is 18.0 Å². The number of rotatable bonds is 4. The first-order valence-corrected chi connectivity index (χ1v) is 5.96. The van der Waals surface area contributed by atoms with Gasteiger partial charge in [-0.05, 0) is 25.1 Å². The molecule has 3 N–H and O–H groups in total. The maximum absolute atomic E-state index is 11.9. The first-order chi connectivity index (χ1) is 9.52. The van der Waals surface area contributed by atoms with E-state index < -0.39 is 5.91 Å². The fraction of sp³-hybridized carbons (Fsp3) is 0.231. The van der Waals surface area contributed by atoms with Gasteiger partial charge in [0.2, 0.25) is 0 Å². The molecule has 2 amide bonds. The maximum atomic E-state index is 11.9. The second-order valence-electron chi connectivity index (χ2n) is 4.31. The molecule has 0 atom stereocenters. The molecule has 0 spiro atoms. The quantitative estimate of drug-likeness (QED) is 0.573. The minimum atomic E-state index is -0.647. The van der Waals surface area contributed by atoms with Crippen LogP contribution in [0, 0.1) is 6.92 Å². The standard InChI is InChI=1S/C13H15N3O4/c1-8-10(12(17)15-19)6-9(20-8)7-14-13(18)11-4-3-5-16(11)2/h3-6,19H,7H2,1-2H3,(H,14,18)(H,15,17). The largest absolute Gasteiger partial charge is 0.464 e. The van der Waals surface area contributed by atoms with Crippen molar-refractivity contribution in [3.63, 3.8) is 0 Å². The van der Waals surface area contributed by atoms with Crippen molar-refractivity contribution in [2.24, 2.45) is 7.05 Å². The normalized spacial score (nSPS) is 10.3. The van der Waals surface area contributed by atoms with Crippen LogP contribution in [0.25, 0.3) is 0 Å². The number of furan rings is 1. The van der Waals surface area contributed by atoms with Crippen LogP contribution in [0.2, 0.25) is 0 Å². The minimum absolute atomic E-state index is 0.156. The highest BCUT2D eigenvalue weighted by atomic mass is 16.5. The molecule has 2 aromatic heterocycles. The van der Waals surface area contributed by atoms with Gasteiger partial charge in [-0.1, -0.05) is 0 Å². The lowest BCUT2D eigenvalue weighted by atomic mass is 10.2. The SMILES string of the molecule is Cc1oc(CNC(=O)c2cccn2C)cc1C(=O)NO. The molecule has 0 aliphatic carbocycles. The van der Waals surface area contributed by atoms with Crippen LogP contribution in [0.4, 0.5) is 0 Å². The van der Waals surface area contributed by atoms with E-state index in [2.05, 4.69) is 5.32 Å². The Bertz CT molecular complexity index is 642. The lowest BCUT2D eigenvalue weighted by Gasteiger charge is -2.04. The van der Waals surface area contributed by atoms with Crippen molar-refractivity contribution in [3.05, 3.63) is 47.2 Å². The first kappa shape index (κ1) is 13.9. The zero-order valence-electron chi connectivity index (χ0n) is 11.1. The molecular formula is C13H15N3O4. The van der Waals surface area contributed by atoms with Gasteiger partial charge >= 0.3 is 0 Å². The molecule has 2 aromatic rings. The van der Waals surface area contributed by atoms with Gasteiger partial charge in [0.05, 0.1) is 12.1 Å². The van der Waals surface area contributed by atoms with Gasteiger partial charge in [-0.15, -0.1) is 0 Å². The lowest BCUT2D eigenvalue weighted by molar-refractivity contribution is 0.0704. The molecule has 7 nitrogen and oxygen atoms in total. The van der Waals surface area contributed by atoms with Crippen molar-refractivity contribution in [1.82, 2.24) is 15.4 Å². The van der Waals surface area contributed by atoms with Crippen molar-refractivity contribution in [2.75, 3.05) is 0 Å². The number of hydroxylamine groups is 1. The van der Waals surface area contributed by atoms with Crippen molar-refractivity contribution in [1.29, 1.82) is 0 Å². The third-order valence-electron chi connectivity index (χ3n) is 2.91. The smallest absolute Gasteiger partial charge is 0.278 e. The zero-order valence-corrected chi connectivity index (χ0v) is 11.1. The number of carbonyl (C=O) groups is 2. The van der Waals surface area contributed by atoms with Gasteiger partial charge in [-0.2, -0.15) is 0 Å². The molecule has 0 aromatic carbocycles. The number of nitrogens with zero attached hydrogens (tertiary/aromatic N) is 1. The number of aryl methyl sites for hydroxylation is 2. The summed E-state index contributed by atoms with van der Waals surface area (Å²) in [5.41, 5.74) is 2.30. The van der Waals surface area contributed by atoms with Crippen molar-refractivity contribution < 1.29 is 19.2 Å². The predicted molar refractivity (Wildman–Crippen MR) is 69.3 cm³/mol. The number of amides is 2. The number of nitrogens with one attached hydrogen (secondary N) is 2. The Labute approximate surface area is 115 Å². The highest BCUT2D eigenvalue weighted by Gasteiger charge is 2.15. The lowest BCUT2D eigenvalue weighted by Crippen LogP contribution is -2.24. The van der Waals surface area contributed by atoms with E-state index in [0.29, 0.717) is 17.2 Å². The summed E-state index contributed by atoms with van der Waals surface area (Å²) in [5, 5.41) is 11.3. The Morgan fingerprint density at radius 1 is 1.40 bits per heavy atom. The van der Waals surface area contributed by atoms with Gasteiger partial charge in [0, 0.05) is 13.2 Å². The Morgan fingerprint density at radius 2 is 2.15 bits per heavy atom. The fourth-order valence-electron chi connectivity index (χ4n) is 1.87. The van der Waals surface area contributed by atoms with Crippen LogP contribution in [0.5, 0.6) is 0 Å². The minimum Gasteiger partial charge on any atom is -0.464 e. The summed E-state index contributed by atoms with van der Waals surface area (Å²) in [4.78, 5) is 23.2. The summed E-state index contributed by atoms with van der Waals surface area (Å²) in [7, 11) is 1.77. The second-order valence-corrected chi connectivity index (χ2v) is 4.31. The van der Waals surface area contributed by atoms with Crippen LogP contribution in [0.3, 0.4) is 0 Å². The summed E-state index contributed by atoms with van der Waals surface area (Å²) in [6.07, 6.45) is 1.77. The van der Waals surface area contributed by atoms with Crippen LogP contribution in [0.15, 0.2) is 28.8 Å². The topological polar surface area (TPSA) is 96.5 Å². The van der Waals surface area contributed by atoms with Gasteiger partial charge < -0.3 is 14.3 Å². The maximum Gasteiger partial charge on any atom is 0.278 e. The van der Waals surface area contributed by atoms with Crippen LogP contribution in [-0.2, 0) is 13.6 Å². The average molecular weight is 277 g/mol. The molecule has 2 heterocycles. The van der Waals surface area contributed by atoms with Gasteiger partial charge in [0.25, 0.3) is 11.8 Å². The first-order valence-electron chi connectivity index (χ1n) is 5.96. The van der Waals surface area contributed by atoms with Gasteiger partial charge in [0.15, 0.2) is 0 Å². The van der Waals surface area contributed by atoms with Crippen molar-refractivity contribution >= 4 is 11.8 Å². The molecule has 0 radical (unpaired) electrons. The molecular weight excluding hydrogens is 262 g/mol. The van der Waals surface area contributed by atoms with E-state index in [9.17, 15) is 9.59 Å². The summed E-state index contributed by atoms with van der Waals surface area (Å²) in [6, 6.07) is 4.95. The molecule has 0 bridgehead atoms. The van der Waals surface area contributed by atoms with Crippen LogP contribution in [-0.4, -0.2) is 21.6 Å². The molecule has 20 heavy (non-hydrogen) atoms. The van der Waals surface area contributed by atoms with E-state index in [1.165, 1.54) is 6.07 Å². The number of hydrogen-bond acceptors (Lipinski definition) is 4. The highest BCUT2D eigenvalue weighted by molar-refractivity contribution is 5.94. The summed E-state index contributed by atoms with van der Waals surface area (Å²) in [6.45, 7) is 1.76. The van der Waals surface area contributed by atoms with E-state index >= 15 is 0 Å². The monoisotopic (exact) mass is 277 g/mol. The Hall–Kier alpha value is -2.54. The second kappa shape index (κ2) is 5.62. The molecule has 2 rings (SSSR count). The van der Waals surface area contributed by atoms with Crippen LogP contribution in [0.1, 0.15) is 32.4 Å². The third kappa shape index (κ3) is 2.72. The highest BCUT2D eigenvalue weighted by Crippen LogP contribution is 2.14. The molecule has 0 fully saturated rings. The number of carbonyl (C=O) groups excluding carboxylic acids is 2. The van der Waals surface area contributed by atoms with Crippen LogP contribution < -0.4 is 10.8 Å². The van der Waals surface area contributed by atoms with Gasteiger partial charge in [-0.25, -0.2) is 5.48 Å². The van der Waals surface area contributed by atoms with Crippen molar-refractivity contribution in [3.8, 4) is 0 Å². The molecule has 0 unspecified atom stereocenters. The van der Waals surface area contributed by atoms with Gasteiger partial charge in [0.1, 0.15) is 17.2 Å². The molecule has 0 saturated carbocycles. The summed E-state index contributed by atoms with van der Waals surface area (Å²) in [5.74, 6) is -0.0747. The van der Waals surface area contributed by atoms with E-state index in [0.717, 1.165) is 0 Å². The molecule has 0 saturated heterocycles. The Morgan fingerprint density at radius 3 is 2.75 bits per heavy atom. The zero-order chi connectivity index (χ0) is 14.7. The fourth-order valence-corrected chi connectivity index (χ4v) is 1.87. The Balaban J connectivity index is 2.03. The van der Waals surface area contributed by atoms with Gasteiger partial charge in [-0.3, -0.25) is 14.8 Å². The molecule has 0 aliphatic rings. The third-order valence-corrected chi connectivity index (χ3v) is 2.91. The molecule has 0 aliphatic heterocycles.